The number of hydrogen-bond donors (Lipinski definition) is 0. The number of fused-ring (bicyclic) bond motifs is 10. The smallest absolute Gasteiger partial charge is 0.227 e. The molecular weight excluding hydrogens is 641 g/mol. The molecular formula is C46H26N4O2. The highest BCUT2D eigenvalue weighted by atomic mass is 16.4. The Morgan fingerprint density at radius 2 is 0.981 bits per heavy atom. The number of hydrogen-bond acceptors (Lipinski definition) is 6. The third-order valence-electron chi connectivity index (χ3n) is 9.95. The normalized spacial score (nSPS) is 11.8. The predicted molar refractivity (Wildman–Crippen MR) is 209 cm³/mol. The first-order valence-electron chi connectivity index (χ1n) is 17.2. The molecule has 0 unspecified atom stereocenters. The fourth-order valence-corrected chi connectivity index (χ4v) is 7.54. The van der Waals surface area contributed by atoms with Gasteiger partial charge in [0.05, 0.1) is 5.39 Å². The highest BCUT2D eigenvalue weighted by Gasteiger charge is 2.21. The molecule has 0 spiro atoms. The fourth-order valence-electron chi connectivity index (χ4n) is 7.54. The summed E-state index contributed by atoms with van der Waals surface area (Å²) < 4.78 is 12.8. The third kappa shape index (κ3) is 4.38. The van der Waals surface area contributed by atoms with Gasteiger partial charge in [-0.05, 0) is 63.3 Å². The molecule has 6 heteroatoms. The average Bonchev–Trinajstić information content (AvgIpc) is 3.83. The van der Waals surface area contributed by atoms with Crippen molar-refractivity contribution in [1.29, 1.82) is 0 Å². The van der Waals surface area contributed by atoms with E-state index in [1.807, 2.05) is 78.9 Å². The lowest BCUT2D eigenvalue weighted by Crippen LogP contribution is -2.01. The van der Waals surface area contributed by atoms with Crippen LogP contribution in [-0.4, -0.2) is 19.9 Å². The van der Waals surface area contributed by atoms with Gasteiger partial charge in [0.2, 0.25) is 5.89 Å². The minimum absolute atomic E-state index is 0.583. The molecule has 0 saturated carbocycles. The Labute approximate surface area is 296 Å². The van der Waals surface area contributed by atoms with E-state index in [4.69, 9.17) is 28.8 Å². The minimum atomic E-state index is 0.583. The number of rotatable bonds is 4. The van der Waals surface area contributed by atoms with Crippen molar-refractivity contribution in [2.24, 2.45) is 0 Å². The molecule has 0 amide bonds. The maximum Gasteiger partial charge on any atom is 0.227 e. The summed E-state index contributed by atoms with van der Waals surface area (Å²) in [5.41, 5.74) is 6.74. The molecule has 0 aliphatic rings. The molecule has 6 nitrogen and oxygen atoms in total. The van der Waals surface area contributed by atoms with E-state index in [0.717, 1.165) is 82.2 Å². The maximum absolute atomic E-state index is 6.62. The summed E-state index contributed by atoms with van der Waals surface area (Å²) in [7, 11) is 0. The second-order valence-corrected chi connectivity index (χ2v) is 13.0. The largest absolute Gasteiger partial charge is 0.455 e. The van der Waals surface area contributed by atoms with E-state index in [-0.39, 0.29) is 0 Å². The molecule has 11 aromatic rings. The maximum atomic E-state index is 6.62. The van der Waals surface area contributed by atoms with Crippen molar-refractivity contribution in [3.8, 4) is 45.6 Å². The predicted octanol–water partition coefficient (Wildman–Crippen LogP) is 12.0. The Morgan fingerprint density at radius 1 is 0.365 bits per heavy atom. The zero-order chi connectivity index (χ0) is 34.2. The van der Waals surface area contributed by atoms with E-state index < -0.39 is 0 Å². The molecule has 0 fully saturated rings. The van der Waals surface area contributed by atoms with Crippen LogP contribution >= 0.6 is 0 Å². The SMILES string of the molecule is c1ccc(-c2nc(-c3cc4ccccc4c4ccccc34)nc(-c3cccc4c3ccc3c4oc4ccc5oc(-c6ccccc6)nc5c43)n2)cc1. The van der Waals surface area contributed by atoms with Gasteiger partial charge in [-0.15, -0.1) is 0 Å². The highest BCUT2D eigenvalue weighted by Crippen LogP contribution is 2.41. The Bertz CT molecular complexity index is 3180. The lowest BCUT2D eigenvalue weighted by Gasteiger charge is -2.13. The van der Waals surface area contributed by atoms with Crippen LogP contribution in [0.4, 0.5) is 0 Å². The number of oxazole rings is 1. The lowest BCUT2D eigenvalue weighted by molar-refractivity contribution is 0.619. The fraction of sp³-hybridized carbons (Fsp3) is 0. The Hall–Kier alpha value is -7.18. The summed E-state index contributed by atoms with van der Waals surface area (Å²) >= 11 is 0. The number of furan rings is 1. The van der Waals surface area contributed by atoms with E-state index in [2.05, 4.69) is 78.9 Å². The Balaban J connectivity index is 1.15. The molecule has 0 radical (unpaired) electrons. The van der Waals surface area contributed by atoms with Gasteiger partial charge in [0.1, 0.15) is 16.7 Å². The van der Waals surface area contributed by atoms with Crippen molar-refractivity contribution in [2.45, 2.75) is 0 Å². The van der Waals surface area contributed by atoms with Crippen molar-refractivity contribution in [3.05, 3.63) is 158 Å². The number of aromatic nitrogens is 4. The first kappa shape index (κ1) is 28.6. The van der Waals surface area contributed by atoms with Gasteiger partial charge in [-0.3, -0.25) is 0 Å². The van der Waals surface area contributed by atoms with E-state index in [9.17, 15) is 0 Å². The van der Waals surface area contributed by atoms with Gasteiger partial charge in [-0.25, -0.2) is 19.9 Å². The first-order chi connectivity index (χ1) is 25.8. The molecule has 0 atom stereocenters. The number of benzene rings is 8. The molecule has 3 aromatic heterocycles. The topological polar surface area (TPSA) is 77.8 Å². The van der Waals surface area contributed by atoms with E-state index in [1.54, 1.807) is 0 Å². The van der Waals surface area contributed by atoms with E-state index in [1.165, 1.54) is 5.39 Å². The van der Waals surface area contributed by atoms with Crippen LogP contribution in [0.2, 0.25) is 0 Å². The van der Waals surface area contributed by atoms with Gasteiger partial charge in [-0.2, -0.15) is 0 Å². The molecule has 0 saturated heterocycles. The standard InChI is InChI=1S/C46H26N4O2/c1-3-12-27(13-4-1)43-48-44(50-45(49-43)37-26-29-16-7-8-17-30(29)31-18-9-10-19-32(31)37)35-21-11-20-34-33(35)22-23-36-40-38(51-42(34)36)24-25-39-41(40)47-46(52-39)28-14-5-2-6-15-28/h1-26H. The number of nitrogens with zero attached hydrogens (tertiary/aromatic N) is 4. The Morgan fingerprint density at radius 3 is 1.81 bits per heavy atom. The van der Waals surface area contributed by atoms with Gasteiger partial charge in [0.15, 0.2) is 23.1 Å². The Kier molecular flexibility index (Phi) is 6.15. The van der Waals surface area contributed by atoms with Crippen LogP contribution in [0.1, 0.15) is 0 Å². The van der Waals surface area contributed by atoms with Crippen LogP contribution in [0.15, 0.2) is 167 Å². The van der Waals surface area contributed by atoms with Crippen LogP contribution < -0.4 is 0 Å². The average molecular weight is 667 g/mol. The quantitative estimate of drug-likeness (QED) is 0.174. The molecule has 242 valence electrons. The molecule has 0 N–H and O–H groups in total. The lowest BCUT2D eigenvalue weighted by atomic mass is 9.96. The molecule has 0 aliphatic heterocycles. The van der Waals surface area contributed by atoms with Crippen LogP contribution in [-0.2, 0) is 0 Å². The summed E-state index contributed by atoms with van der Waals surface area (Å²) in [6, 6.07) is 53.5. The zero-order valence-corrected chi connectivity index (χ0v) is 27.6. The summed E-state index contributed by atoms with van der Waals surface area (Å²) in [5, 5.41) is 8.43. The highest BCUT2D eigenvalue weighted by molar-refractivity contribution is 6.23. The second-order valence-electron chi connectivity index (χ2n) is 13.0. The summed E-state index contributed by atoms with van der Waals surface area (Å²) in [6.45, 7) is 0. The molecule has 0 bridgehead atoms. The minimum Gasteiger partial charge on any atom is -0.455 e. The van der Waals surface area contributed by atoms with Crippen LogP contribution in [0.3, 0.4) is 0 Å². The van der Waals surface area contributed by atoms with Crippen molar-refractivity contribution in [3.63, 3.8) is 0 Å². The van der Waals surface area contributed by atoms with Crippen molar-refractivity contribution in [2.75, 3.05) is 0 Å². The van der Waals surface area contributed by atoms with Crippen molar-refractivity contribution >= 4 is 65.4 Å². The van der Waals surface area contributed by atoms with E-state index >= 15 is 0 Å². The van der Waals surface area contributed by atoms with Gasteiger partial charge in [0, 0.05) is 33.0 Å². The summed E-state index contributed by atoms with van der Waals surface area (Å²) in [6.07, 6.45) is 0. The zero-order valence-electron chi connectivity index (χ0n) is 27.6. The summed E-state index contributed by atoms with van der Waals surface area (Å²) in [4.78, 5) is 20.4. The molecule has 11 rings (SSSR count). The van der Waals surface area contributed by atoms with Crippen LogP contribution in [0, 0.1) is 0 Å². The van der Waals surface area contributed by atoms with Gasteiger partial charge < -0.3 is 8.83 Å². The van der Waals surface area contributed by atoms with Gasteiger partial charge in [-0.1, -0.05) is 121 Å². The van der Waals surface area contributed by atoms with Crippen molar-refractivity contribution in [1.82, 2.24) is 19.9 Å². The van der Waals surface area contributed by atoms with Crippen LogP contribution in [0.25, 0.3) is 111 Å². The monoisotopic (exact) mass is 666 g/mol. The van der Waals surface area contributed by atoms with Crippen LogP contribution in [0.5, 0.6) is 0 Å². The summed E-state index contributed by atoms with van der Waals surface area (Å²) in [5.74, 6) is 2.41. The molecule has 3 heterocycles. The first-order valence-corrected chi connectivity index (χ1v) is 17.2. The van der Waals surface area contributed by atoms with E-state index in [0.29, 0.717) is 23.4 Å². The molecule has 8 aromatic carbocycles. The molecule has 0 aliphatic carbocycles. The third-order valence-corrected chi connectivity index (χ3v) is 9.95. The second kappa shape index (κ2) is 11.2. The molecule has 52 heavy (non-hydrogen) atoms. The van der Waals surface area contributed by atoms with Gasteiger partial charge >= 0.3 is 0 Å². The van der Waals surface area contributed by atoms with Gasteiger partial charge in [0.25, 0.3) is 0 Å². The van der Waals surface area contributed by atoms with Crippen molar-refractivity contribution < 1.29 is 8.83 Å².